The minimum Gasteiger partial charge on any atom is -0.384 e. The van der Waals surface area contributed by atoms with E-state index in [1.54, 1.807) is 28.3 Å². The molecule has 2 N–H and O–H groups in total. The van der Waals surface area contributed by atoms with Crippen molar-refractivity contribution >= 4 is 39.7 Å². The highest BCUT2D eigenvalue weighted by Gasteiger charge is 2.03. The summed E-state index contributed by atoms with van der Waals surface area (Å²) < 4.78 is 2.91. The standard InChI is InChI=1S/C7H7IN4S/c8-5-3-10-7(13-5)4-12-6(9)1-2-11-12/h1-3H,4,9H2. The summed E-state index contributed by atoms with van der Waals surface area (Å²) in [6, 6.07) is 1.78. The van der Waals surface area contributed by atoms with E-state index in [-0.39, 0.29) is 0 Å². The third-order valence-corrected chi connectivity index (χ3v) is 3.27. The number of anilines is 1. The van der Waals surface area contributed by atoms with E-state index < -0.39 is 0 Å². The Hall–Kier alpha value is -0.630. The summed E-state index contributed by atoms with van der Waals surface area (Å²) in [6.07, 6.45) is 3.54. The van der Waals surface area contributed by atoms with Crippen molar-refractivity contribution < 1.29 is 0 Å². The fourth-order valence-electron chi connectivity index (χ4n) is 0.964. The molecule has 2 heterocycles. The van der Waals surface area contributed by atoms with Crippen LogP contribution in [0.1, 0.15) is 5.01 Å². The number of thiazole rings is 1. The summed E-state index contributed by atoms with van der Waals surface area (Å²) in [4.78, 5) is 4.23. The number of rotatable bonds is 2. The van der Waals surface area contributed by atoms with Gasteiger partial charge in [0.05, 0.1) is 21.8 Å². The number of aromatic nitrogens is 3. The zero-order valence-electron chi connectivity index (χ0n) is 6.64. The maximum absolute atomic E-state index is 5.67. The number of nitrogens with two attached hydrogens (primary N) is 1. The quantitative estimate of drug-likeness (QED) is 0.857. The first kappa shape index (κ1) is 8.95. The molecule has 0 aliphatic heterocycles. The Balaban J connectivity index is 2.19. The number of nitrogens with zero attached hydrogens (tertiary/aromatic N) is 3. The second-order valence-corrected chi connectivity index (χ2v) is 5.48. The van der Waals surface area contributed by atoms with Gasteiger partial charge in [0.15, 0.2) is 0 Å². The summed E-state index contributed by atoms with van der Waals surface area (Å²) in [5.41, 5.74) is 5.67. The molecule has 0 atom stereocenters. The first-order valence-corrected chi connectivity index (χ1v) is 5.53. The molecule has 0 aliphatic rings. The van der Waals surface area contributed by atoms with Crippen molar-refractivity contribution in [1.82, 2.24) is 14.8 Å². The molecule has 0 fully saturated rings. The lowest BCUT2D eigenvalue weighted by atomic mass is 10.6. The van der Waals surface area contributed by atoms with Crippen LogP contribution in [-0.2, 0) is 6.54 Å². The van der Waals surface area contributed by atoms with Crippen LogP contribution in [0.3, 0.4) is 0 Å². The maximum Gasteiger partial charge on any atom is 0.122 e. The highest BCUT2D eigenvalue weighted by molar-refractivity contribution is 14.1. The van der Waals surface area contributed by atoms with E-state index in [0.29, 0.717) is 12.4 Å². The molecule has 68 valence electrons. The molecule has 13 heavy (non-hydrogen) atoms. The van der Waals surface area contributed by atoms with E-state index in [0.717, 1.165) is 5.01 Å². The minimum absolute atomic E-state index is 0.659. The second kappa shape index (κ2) is 3.62. The molecule has 0 bridgehead atoms. The van der Waals surface area contributed by atoms with Gasteiger partial charge in [0.1, 0.15) is 10.8 Å². The van der Waals surface area contributed by atoms with E-state index in [1.165, 1.54) is 2.88 Å². The predicted octanol–water partition coefficient (Wildman–Crippen LogP) is 1.57. The van der Waals surface area contributed by atoms with Gasteiger partial charge < -0.3 is 5.73 Å². The second-order valence-electron chi connectivity index (χ2n) is 2.47. The average molecular weight is 306 g/mol. The van der Waals surface area contributed by atoms with Crippen molar-refractivity contribution in [1.29, 1.82) is 0 Å². The Bertz CT molecular complexity index is 408. The van der Waals surface area contributed by atoms with Crippen LogP contribution in [-0.4, -0.2) is 14.8 Å². The van der Waals surface area contributed by atoms with Crippen molar-refractivity contribution in [3.63, 3.8) is 0 Å². The molecule has 6 heteroatoms. The summed E-state index contributed by atoms with van der Waals surface area (Å²) in [7, 11) is 0. The Labute approximate surface area is 92.9 Å². The molecule has 0 saturated heterocycles. The van der Waals surface area contributed by atoms with E-state index in [1.807, 2.05) is 6.20 Å². The van der Waals surface area contributed by atoms with Crippen molar-refractivity contribution in [3.8, 4) is 0 Å². The van der Waals surface area contributed by atoms with Crippen LogP contribution in [0.2, 0.25) is 0 Å². The molecule has 0 amide bonds. The van der Waals surface area contributed by atoms with E-state index >= 15 is 0 Å². The van der Waals surface area contributed by atoms with E-state index in [2.05, 4.69) is 32.7 Å². The zero-order valence-corrected chi connectivity index (χ0v) is 9.62. The molecule has 2 aromatic heterocycles. The molecule has 0 radical (unpaired) electrons. The lowest BCUT2D eigenvalue weighted by Crippen LogP contribution is -2.04. The summed E-state index contributed by atoms with van der Waals surface area (Å²) >= 11 is 3.90. The van der Waals surface area contributed by atoms with Crippen molar-refractivity contribution in [3.05, 3.63) is 26.4 Å². The van der Waals surface area contributed by atoms with Crippen molar-refractivity contribution in [2.24, 2.45) is 0 Å². The largest absolute Gasteiger partial charge is 0.384 e. The van der Waals surface area contributed by atoms with Gasteiger partial charge in [-0.3, -0.25) is 0 Å². The Kier molecular flexibility index (Phi) is 2.49. The molecule has 0 unspecified atom stereocenters. The van der Waals surface area contributed by atoms with Crippen LogP contribution >= 0.6 is 33.9 Å². The summed E-state index contributed by atoms with van der Waals surface area (Å²) in [5.74, 6) is 0.671. The molecule has 0 aliphatic carbocycles. The average Bonchev–Trinajstić information content (AvgIpc) is 2.64. The smallest absolute Gasteiger partial charge is 0.122 e. The summed E-state index contributed by atoms with van der Waals surface area (Å²) in [5, 5.41) is 5.10. The molecular weight excluding hydrogens is 299 g/mol. The highest BCUT2D eigenvalue weighted by atomic mass is 127. The first-order chi connectivity index (χ1) is 6.25. The van der Waals surface area contributed by atoms with E-state index in [9.17, 15) is 0 Å². The topological polar surface area (TPSA) is 56.7 Å². The normalized spacial score (nSPS) is 10.5. The maximum atomic E-state index is 5.67. The number of hydrogen-bond donors (Lipinski definition) is 1. The SMILES string of the molecule is Nc1ccnn1Cc1ncc(I)s1. The third kappa shape index (κ3) is 1.99. The Morgan fingerprint density at radius 2 is 2.46 bits per heavy atom. The van der Waals surface area contributed by atoms with Crippen LogP contribution < -0.4 is 5.73 Å². The van der Waals surface area contributed by atoms with Crippen LogP contribution in [0.25, 0.3) is 0 Å². The van der Waals surface area contributed by atoms with Crippen molar-refractivity contribution in [2.75, 3.05) is 5.73 Å². The number of halogens is 1. The van der Waals surface area contributed by atoms with Gasteiger partial charge in [-0.2, -0.15) is 5.10 Å². The molecular formula is C7H7IN4S. The molecule has 4 nitrogen and oxygen atoms in total. The Morgan fingerprint density at radius 1 is 1.62 bits per heavy atom. The molecule has 0 saturated carbocycles. The number of nitrogen functional groups attached to an aromatic ring is 1. The lowest BCUT2D eigenvalue weighted by molar-refractivity contribution is 0.693. The fourth-order valence-corrected chi connectivity index (χ4v) is 2.49. The first-order valence-electron chi connectivity index (χ1n) is 3.63. The van der Waals surface area contributed by atoms with Gasteiger partial charge in [-0.15, -0.1) is 11.3 Å². The monoisotopic (exact) mass is 306 g/mol. The van der Waals surface area contributed by atoms with Gasteiger partial charge in [0, 0.05) is 0 Å². The van der Waals surface area contributed by atoms with Gasteiger partial charge in [-0.05, 0) is 28.7 Å². The molecule has 2 rings (SSSR count). The van der Waals surface area contributed by atoms with Gasteiger partial charge >= 0.3 is 0 Å². The van der Waals surface area contributed by atoms with Gasteiger partial charge in [-0.25, -0.2) is 9.67 Å². The third-order valence-electron chi connectivity index (χ3n) is 1.56. The molecule has 2 aromatic rings. The van der Waals surface area contributed by atoms with Gasteiger partial charge in [0.25, 0.3) is 0 Å². The van der Waals surface area contributed by atoms with Crippen LogP contribution in [0.5, 0.6) is 0 Å². The van der Waals surface area contributed by atoms with Crippen LogP contribution in [0, 0.1) is 2.88 Å². The highest BCUT2D eigenvalue weighted by Crippen LogP contribution is 2.16. The number of hydrogen-bond acceptors (Lipinski definition) is 4. The van der Waals surface area contributed by atoms with Crippen LogP contribution in [0.15, 0.2) is 18.5 Å². The van der Waals surface area contributed by atoms with E-state index in [4.69, 9.17) is 5.73 Å². The molecule has 0 aromatic carbocycles. The predicted molar refractivity (Wildman–Crippen MR) is 60.6 cm³/mol. The fraction of sp³-hybridized carbons (Fsp3) is 0.143. The van der Waals surface area contributed by atoms with Crippen molar-refractivity contribution in [2.45, 2.75) is 6.54 Å². The van der Waals surface area contributed by atoms with Gasteiger partial charge in [-0.1, -0.05) is 0 Å². The Morgan fingerprint density at radius 3 is 3.00 bits per heavy atom. The lowest BCUT2D eigenvalue weighted by Gasteiger charge is -1.99. The minimum atomic E-state index is 0.659. The van der Waals surface area contributed by atoms with Crippen LogP contribution in [0.4, 0.5) is 5.82 Å². The zero-order chi connectivity index (χ0) is 9.26. The summed E-state index contributed by atoms with van der Waals surface area (Å²) in [6.45, 7) is 0.659. The molecule has 0 spiro atoms. The van der Waals surface area contributed by atoms with Gasteiger partial charge in [0.2, 0.25) is 0 Å².